The Bertz CT molecular complexity index is 686. The van der Waals surface area contributed by atoms with Gasteiger partial charge in [0.25, 0.3) is 0 Å². The molecule has 0 aliphatic carbocycles. The van der Waals surface area contributed by atoms with Crippen molar-refractivity contribution in [3.63, 3.8) is 0 Å². The van der Waals surface area contributed by atoms with Gasteiger partial charge in [-0.1, -0.05) is 18.2 Å². The van der Waals surface area contributed by atoms with Crippen LogP contribution in [0.3, 0.4) is 0 Å². The van der Waals surface area contributed by atoms with Crippen LogP contribution in [0.2, 0.25) is 0 Å². The number of anilines is 1. The number of para-hydroxylation sites is 1. The molecule has 0 spiro atoms. The summed E-state index contributed by atoms with van der Waals surface area (Å²) in [5, 5.41) is 2.91. The van der Waals surface area contributed by atoms with Gasteiger partial charge in [-0.15, -0.1) is 0 Å². The maximum Gasteiger partial charge on any atom is 0.241 e. The van der Waals surface area contributed by atoms with Crippen LogP contribution in [0, 0.1) is 6.92 Å². The lowest BCUT2D eigenvalue weighted by Crippen LogP contribution is -2.41. The number of hydrogen-bond acceptors (Lipinski definition) is 4. The molecule has 0 saturated carbocycles. The number of carbonyl (C=O) groups excluding carboxylic acids is 1. The number of likely N-dealkylation sites (N-methyl/N-ethyl adjacent to an activating group) is 1. The quantitative estimate of drug-likeness (QED) is 0.799. The van der Waals surface area contributed by atoms with Crippen LogP contribution in [0.25, 0.3) is 0 Å². The standard InChI is InChI=1S/C20H26N2O3/c1-15-7-5-6-8-19(15)25-14-13-22(3)16(2)20(23)21-17-9-11-18(24-4)12-10-17/h5-12,16H,13-14H2,1-4H3,(H,21,23). The summed E-state index contributed by atoms with van der Waals surface area (Å²) in [5.41, 5.74) is 1.86. The number of methoxy groups -OCH3 is 1. The second-order valence-electron chi connectivity index (χ2n) is 5.99. The van der Waals surface area contributed by atoms with Crippen molar-refractivity contribution in [1.29, 1.82) is 0 Å². The van der Waals surface area contributed by atoms with Crippen LogP contribution in [0.15, 0.2) is 48.5 Å². The van der Waals surface area contributed by atoms with E-state index in [0.29, 0.717) is 13.2 Å². The zero-order chi connectivity index (χ0) is 18.2. The van der Waals surface area contributed by atoms with Gasteiger partial charge >= 0.3 is 0 Å². The Hall–Kier alpha value is -2.53. The fourth-order valence-corrected chi connectivity index (χ4v) is 2.33. The molecule has 2 aromatic carbocycles. The average molecular weight is 342 g/mol. The SMILES string of the molecule is COc1ccc(NC(=O)C(C)N(C)CCOc2ccccc2C)cc1. The van der Waals surface area contributed by atoms with Gasteiger partial charge in [-0.3, -0.25) is 9.69 Å². The van der Waals surface area contributed by atoms with Gasteiger partial charge in [0.2, 0.25) is 5.91 Å². The molecule has 0 aliphatic rings. The third kappa shape index (κ3) is 5.50. The molecule has 0 radical (unpaired) electrons. The second kappa shape index (κ2) is 9.08. The molecule has 0 fully saturated rings. The maximum atomic E-state index is 12.4. The van der Waals surface area contributed by atoms with E-state index in [1.165, 1.54) is 0 Å². The zero-order valence-corrected chi connectivity index (χ0v) is 15.3. The van der Waals surface area contributed by atoms with Crippen LogP contribution in [0.1, 0.15) is 12.5 Å². The molecule has 0 saturated heterocycles. The molecule has 1 atom stereocenters. The average Bonchev–Trinajstić information content (AvgIpc) is 2.63. The van der Waals surface area contributed by atoms with Crippen LogP contribution >= 0.6 is 0 Å². The minimum atomic E-state index is -0.262. The van der Waals surface area contributed by atoms with Crippen molar-refractivity contribution < 1.29 is 14.3 Å². The molecule has 1 unspecified atom stereocenters. The molecule has 2 aromatic rings. The highest BCUT2D eigenvalue weighted by Gasteiger charge is 2.18. The lowest BCUT2D eigenvalue weighted by atomic mass is 10.2. The van der Waals surface area contributed by atoms with Crippen LogP contribution in [0.4, 0.5) is 5.69 Å². The summed E-state index contributed by atoms with van der Waals surface area (Å²) in [4.78, 5) is 14.3. The molecule has 1 amide bonds. The molecular weight excluding hydrogens is 316 g/mol. The molecule has 5 heteroatoms. The monoisotopic (exact) mass is 342 g/mol. The molecule has 5 nitrogen and oxygen atoms in total. The van der Waals surface area contributed by atoms with Crippen molar-refractivity contribution in [2.24, 2.45) is 0 Å². The van der Waals surface area contributed by atoms with Gasteiger partial charge in [0.05, 0.1) is 13.2 Å². The second-order valence-corrected chi connectivity index (χ2v) is 5.99. The van der Waals surface area contributed by atoms with Crippen molar-refractivity contribution in [3.05, 3.63) is 54.1 Å². The lowest BCUT2D eigenvalue weighted by Gasteiger charge is -2.24. The highest BCUT2D eigenvalue weighted by molar-refractivity contribution is 5.94. The number of nitrogens with zero attached hydrogens (tertiary/aromatic N) is 1. The van der Waals surface area contributed by atoms with Crippen molar-refractivity contribution in [2.45, 2.75) is 19.9 Å². The Morgan fingerprint density at radius 1 is 1.16 bits per heavy atom. The predicted octanol–water partition coefficient (Wildman–Crippen LogP) is 3.34. The summed E-state index contributed by atoms with van der Waals surface area (Å²) in [7, 11) is 3.53. The van der Waals surface area contributed by atoms with E-state index in [1.807, 2.05) is 74.3 Å². The minimum Gasteiger partial charge on any atom is -0.497 e. The molecule has 0 bridgehead atoms. The van der Waals surface area contributed by atoms with E-state index in [0.717, 1.165) is 22.7 Å². The van der Waals surface area contributed by atoms with Crippen LogP contribution in [-0.4, -0.2) is 44.2 Å². The van der Waals surface area contributed by atoms with E-state index >= 15 is 0 Å². The Morgan fingerprint density at radius 3 is 2.48 bits per heavy atom. The fraction of sp³-hybridized carbons (Fsp3) is 0.350. The Balaban J connectivity index is 1.80. The van der Waals surface area contributed by atoms with Gasteiger partial charge in [0, 0.05) is 12.2 Å². The number of carbonyl (C=O) groups is 1. The van der Waals surface area contributed by atoms with Crippen molar-refractivity contribution in [3.8, 4) is 11.5 Å². The molecule has 0 aromatic heterocycles. The van der Waals surface area contributed by atoms with Crippen molar-refractivity contribution >= 4 is 11.6 Å². The molecule has 1 N–H and O–H groups in total. The zero-order valence-electron chi connectivity index (χ0n) is 15.3. The smallest absolute Gasteiger partial charge is 0.241 e. The van der Waals surface area contributed by atoms with Gasteiger partial charge in [0.15, 0.2) is 0 Å². The number of hydrogen-bond donors (Lipinski definition) is 1. The first-order valence-corrected chi connectivity index (χ1v) is 8.35. The molecule has 2 rings (SSSR count). The van der Waals surface area contributed by atoms with Crippen LogP contribution in [0.5, 0.6) is 11.5 Å². The van der Waals surface area contributed by atoms with E-state index in [1.54, 1.807) is 7.11 Å². The lowest BCUT2D eigenvalue weighted by molar-refractivity contribution is -0.120. The largest absolute Gasteiger partial charge is 0.497 e. The number of benzene rings is 2. The Morgan fingerprint density at radius 2 is 1.84 bits per heavy atom. The van der Waals surface area contributed by atoms with E-state index in [4.69, 9.17) is 9.47 Å². The molecule has 0 heterocycles. The summed E-state index contributed by atoms with van der Waals surface area (Å²) in [6.45, 7) is 5.09. The third-order valence-corrected chi connectivity index (χ3v) is 4.19. The minimum absolute atomic E-state index is 0.0523. The summed E-state index contributed by atoms with van der Waals surface area (Å²) in [5.74, 6) is 1.59. The first kappa shape index (κ1) is 18.8. The molecule has 0 aliphatic heterocycles. The Kier molecular flexibility index (Phi) is 6.83. The van der Waals surface area contributed by atoms with E-state index < -0.39 is 0 Å². The number of ether oxygens (including phenoxy) is 2. The van der Waals surface area contributed by atoms with E-state index in [9.17, 15) is 4.79 Å². The topological polar surface area (TPSA) is 50.8 Å². The van der Waals surface area contributed by atoms with Crippen molar-refractivity contribution in [2.75, 3.05) is 32.6 Å². The molecular formula is C20H26N2O3. The van der Waals surface area contributed by atoms with Gasteiger partial charge in [-0.2, -0.15) is 0 Å². The van der Waals surface area contributed by atoms with Gasteiger partial charge in [-0.25, -0.2) is 0 Å². The van der Waals surface area contributed by atoms with E-state index in [-0.39, 0.29) is 11.9 Å². The van der Waals surface area contributed by atoms with Gasteiger partial charge < -0.3 is 14.8 Å². The highest BCUT2D eigenvalue weighted by Crippen LogP contribution is 2.17. The summed E-state index contributed by atoms with van der Waals surface area (Å²) < 4.78 is 10.9. The van der Waals surface area contributed by atoms with Crippen LogP contribution < -0.4 is 14.8 Å². The first-order chi connectivity index (χ1) is 12.0. The summed E-state index contributed by atoms with van der Waals surface area (Å²) in [6, 6.07) is 14.9. The van der Waals surface area contributed by atoms with Gasteiger partial charge in [0.1, 0.15) is 18.1 Å². The fourth-order valence-electron chi connectivity index (χ4n) is 2.33. The highest BCUT2D eigenvalue weighted by atomic mass is 16.5. The summed E-state index contributed by atoms with van der Waals surface area (Å²) >= 11 is 0. The predicted molar refractivity (Wildman–Crippen MR) is 100 cm³/mol. The number of amides is 1. The number of rotatable bonds is 8. The first-order valence-electron chi connectivity index (χ1n) is 8.35. The third-order valence-electron chi connectivity index (χ3n) is 4.19. The van der Waals surface area contributed by atoms with Crippen molar-refractivity contribution in [1.82, 2.24) is 4.90 Å². The molecule has 25 heavy (non-hydrogen) atoms. The maximum absolute atomic E-state index is 12.4. The normalized spacial score (nSPS) is 11.9. The number of aryl methyl sites for hydroxylation is 1. The van der Waals surface area contributed by atoms with E-state index in [2.05, 4.69) is 5.32 Å². The Labute approximate surface area is 149 Å². The summed E-state index contributed by atoms with van der Waals surface area (Å²) in [6.07, 6.45) is 0. The number of nitrogens with one attached hydrogen (secondary N) is 1. The van der Waals surface area contributed by atoms with Gasteiger partial charge in [-0.05, 0) is 56.8 Å². The molecule has 134 valence electrons. The van der Waals surface area contributed by atoms with Crippen LogP contribution in [-0.2, 0) is 4.79 Å².